The first-order chi connectivity index (χ1) is 9.88. The van der Waals surface area contributed by atoms with Crippen LogP contribution >= 0.6 is 0 Å². The molecule has 10 heteroatoms. The van der Waals surface area contributed by atoms with Gasteiger partial charge in [0.2, 0.25) is 0 Å². The number of rotatable bonds is 5. The Hall–Kier alpha value is -3.30. The SMILES string of the molecule is O=C(O)Cc1nnnn1-c1cc(C(=O)O)cc(C(=O)O)c1. The van der Waals surface area contributed by atoms with Crippen molar-refractivity contribution in [3.8, 4) is 5.69 Å². The van der Waals surface area contributed by atoms with E-state index < -0.39 is 24.3 Å². The first-order valence-corrected chi connectivity index (χ1v) is 5.49. The molecule has 10 nitrogen and oxygen atoms in total. The molecule has 1 heterocycles. The van der Waals surface area contributed by atoms with Crippen LogP contribution in [0.2, 0.25) is 0 Å². The van der Waals surface area contributed by atoms with Crippen molar-refractivity contribution in [2.45, 2.75) is 6.42 Å². The van der Waals surface area contributed by atoms with Crippen molar-refractivity contribution in [1.29, 1.82) is 0 Å². The molecule has 0 aliphatic heterocycles. The maximum atomic E-state index is 11.0. The molecule has 1 aromatic carbocycles. The summed E-state index contributed by atoms with van der Waals surface area (Å²) in [7, 11) is 0. The molecule has 0 amide bonds. The van der Waals surface area contributed by atoms with Crippen LogP contribution in [0.5, 0.6) is 0 Å². The van der Waals surface area contributed by atoms with Gasteiger partial charge in [0.25, 0.3) is 0 Å². The first kappa shape index (κ1) is 14.1. The lowest BCUT2D eigenvalue weighted by molar-refractivity contribution is -0.136. The van der Waals surface area contributed by atoms with E-state index in [1.165, 1.54) is 0 Å². The molecule has 108 valence electrons. The van der Waals surface area contributed by atoms with Gasteiger partial charge in [0.15, 0.2) is 5.82 Å². The van der Waals surface area contributed by atoms with Gasteiger partial charge in [-0.25, -0.2) is 9.59 Å². The fourth-order valence-electron chi connectivity index (χ4n) is 1.63. The van der Waals surface area contributed by atoms with Crippen LogP contribution in [0.15, 0.2) is 18.2 Å². The number of aliphatic carboxylic acids is 1. The topological polar surface area (TPSA) is 156 Å². The molecule has 0 fully saturated rings. The molecular weight excluding hydrogens is 284 g/mol. The number of benzene rings is 1. The van der Waals surface area contributed by atoms with Gasteiger partial charge < -0.3 is 15.3 Å². The number of carboxylic acid groups (broad SMARTS) is 3. The summed E-state index contributed by atoms with van der Waals surface area (Å²) in [5, 5.41) is 37.1. The van der Waals surface area contributed by atoms with Crippen molar-refractivity contribution in [2.75, 3.05) is 0 Å². The Labute approximate surface area is 116 Å². The van der Waals surface area contributed by atoms with E-state index in [0.29, 0.717) is 0 Å². The summed E-state index contributed by atoms with van der Waals surface area (Å²) in [4.78, 5) is 32.7. The Balaban J connectivity index is 2.58. The summed E-state index contributed by atoms with van der Waals surface area (Å²) in [6.07, 6.45) is -0.493. The molecule has 2 rings (SSSR count). The Bertz CT molecular complexity index is 706. The van der Waals surface area contributed by atoms with Gasteiger partial charge in [0.05, 0.1) is 16.8 Å². The minimum atomic E-state index is -1.33. The maximum Gasteiger partial charge on any atom is 0.335 e. The summed E-state index contributed by atoms with van der Waals surface area (Å²) in [6.45, 7) is 0. The Morgan fingerprint density at radius 2 is 1.57 bits per heavy atom. The maximum absolute atomic E-state index is 11.0. The van der Waals surface area contributed by atoms with Crippen LogP contribution in [-0.2, 0) is 11.2 Å². The number of aromatic nitrogens is 4. The average Bonchev–Trinajstić information content (AvgIpc) is 2.85. The van der Waals surface area contributed by atoms with Crippen LogP contribution in [0.1, 0.15) is 26.5 Å². The Kier molecular flexibility index (Phi) is 3.61. The van der Waals surface area contributed by atoms with E-state index in [4.69, 9.17) is 15.3 Å². The molecule has 1 aromatic heterocycles. The van der Waals surface area contributed by atoms with E-state index in [-0.39, 0.29) is 22.6 Å². The van der Waals surface area contributed by atoms with Gasteiger partial charge in [-0.05, 0) is 28.6 Å². The molecule has 0 aliphatic rings. The lowest BCUT2D eigenvalue weighted by Gasteiger charge is -2.06. The molecule has 0 saturated carbocycles. The quantitative estimate of drug-likeness (QED) is 0.672. The second kappa shape index (κ2) is 5.36. The van der Waals surface area contributed by atoms with Gasteiger partial charge in [-0.3, -0.25) is 4.79 Å². The van der Waals surface area contributed by atoms with Crippen LogP contribution in [0, 0.1) is 0 Å². The highest BCUT2D eigenvalue weighted by atomic mass is 16.4. The van der Waals surface area contributed by atoms with E-state index in [9.17, 15) is 14.4 Å². The third-order valence-corrected chi connectivity index (χ3v) is 2.50. The van der Waals surface area contributed by atoms with Crippen molar-refractivity contribution >= 4 is 17.9 Å². The second-order valence-electron chi connectivity index (χ2n) is 3.96. The van der Waals surface area contributed by atoms with E-state index in [1.807, 2.05) is 0 Å². The number of tetrazole rings is 1. The standard InChI is InChI=1S/C11H8N4O6/c16-9(17)4-8-12-13-14-15(8)7-2-5(10(18)19)1-6(3-7)11(20)21/h1-3H,4H2,(H,16,17)(H,18,19)(H,20,21). The molecule has 0 atom stereocenters. The Morgan fingerprint density at radius 3 is 2.05 bits per heavy atom. The van der Waals surface area contributed by atoms with Crippen LogP contribution in [0.3, 0.4) is 0 Å². The number of carboxylic acids is 3. The summed E-state index contributed by atoms with van der Waals surface area (Å²) >= 11 is 0. The summed E-state index contributed by atoms with van der Waals surface area (Å²) < 4.78 is 0.979. The molecule has 0 radical (unpaired) electrons. The molecule has 0 saturated heterocycles. The summed E-state index contributed by atoms with van der Waals surface area (Å²) in [5.74, 6) is -3.89. The minimum absolute atomic E-state index is 0.0496. The predicted molar refractivity (Wildman–Crippen MR) is 64.4 cm³/mol. The summed E-state index contributed by atoms with van der Waals surface area (Å²) in [6, 6.07) is 3.28. The number of hydrogen-bond acceptors (Lipinski definition) is 6. The lowest BCUT2D eigenvalue weighted by atomic mass is 10.1. The van der Waals surface area contributed by atoms with Crippen molar-refractivity contribution < 1.29 is 29.7 Å². The zero-order valence-corrected chi connectivity index (χ0v) is 10.3. The van der Waals surface area contributed by atoms with Crippen LogP contribution in [0.25, 0.3) is 5.69 Å². The van der Waals surface area contributed by atoms with Crippen molar-refractivity contribution in [2.24, 2.45) is 0 Å². The number of aromatic carboxylic acids is 2. The van der Waals surface area contributed by atoms with E-state index in [1.54, 1.807) is 0 Å². The van der Waals surface area contributed by atoms with Gasteiger partial charge in [-0.15, -0.1) is 5.10 Å². The minimum Gasteiger partial charge on any atom is -0.481 e. The zero-order chi connectivity index (χ0) is 15.6. The van der Waals surface area contributed by atoms with E-state index in [2.05, 4.69) is 15.5 Å². The molecule has 0 bridgehead atoms. The molecular formula is C11H8N4O6. The van der Waals surface area contributed by atoms with Gasteiger partial charge in [0, 0.05) is 0 Å². The molecule has 0 unspecified atom stereocenters. The predicted octanol–water partition coefficient (Wildman–Crippen LogP) is -0.314. The number of nitrogens with zero attached hydrogens (tertiary/aromatic N) is 4. The largest absolute Gasteiger partial charge is 0.481 e. The fraction of sp³-hybridized carbons (Fsp3) is 0.0909. The molecule has 21 heavy (non-hydrogen) atoms. The lowest BCUT2D eigenvalue weighted by Crippen LogP contribution is -2.11. The third-order valence-electron chi connectivity index (χ3n) is 2.50. The van der Waals surface area contributed by atoms with Crippen LogP contribution < -0.4 is 0 Å². The van der Waals surface area contributed by atoms with E-state index >= 15 is 0 Å². The molecule has 3 N–H and O–H groups in total. The van der Waals surface area contributed by atoms with Crippen molar-refractivity contribution in [1.82, 2.24) is 20.2 Å². The number of hydrogen-bond donors (Lipinski definition) is 3. The van der Waals surface area contributed by atoms with Gasteiger partial charge in [-0.1, -0.05) is 0 Å². The Morgan fingerprint density at radius 1 is 1.00 bits per heavy atom. The molecule has 0 spiro atoms. The average molecular weight is 292 g/mol. The normalized spacial score (nSPS) is 10.3. The van der Waals surface area contributed by atoms with Crippen LogP contribution in [0.4, 0.5) is 0 Å². The molecule has 0 aliphatic carbocycles. The monoisotopic (exact) mass is 292 g/mol. The van der Waals surface area contributed by atoms with Gasteiger partial charge >= 0.3 is 17.9 Å². The smallest absolute Gasteiger partial charge is 0.335 e. The molecule has 2 aromatic rings. The van der Waals surface area contributed by atoms with Crippen molar-refractivity contribution in [3.63, 3.8) is 0 Å². The third kappa shape index (κ3) is 3.00. The highest BCUT2D eigenvalue weighted by Gasteiger charge is 2.16. The zero-order valence-electron chi connectivity index (χ0n) is 10.3. The second-order valence-corrected chi connectivity index (χ2v) is 3.96. The fourth-order valence-corrected chi connectivity index (χ4v) is 1.63. The van der Waals surface area contributed by atoms with E-state index in [0.717, 1.165) is 22.9 Å². The van der Waals surface area contributed by atoms with Crippen LogP contribution in [-0.4, -0.2) is 53.4 Å². The highest BCUT2D eigenvalue weighted by Crippen LogP contribution is 2.15. The highest BCUT2D eigenvalue weighted by molar-refractivity contribution is 5.94. The van der Waals surface area contributed by atoms with Gasteiger partial charge in [0.1, 0.15) is 6.42 Å². The first-order valence-electron chi connectivity index (χ1n) is 5.49. The van der Waals surface area contributed by atoms with Crippen molar-refractivity contribution in [3.05, 3.63) is 35.2 Å². The van der Waals surface area contributed by atoms with Gasteiger partial charge in [-0.2, -0.15) is 4.68 Å². The number of carbonyl (C=O) groups is 3. The summed E-state index contributed by atoms with van der Waals surface area (Å²) in [5.41, 5.74) is -0.503.